The van der Waals surface area contributed by atoms with E-state index in [0.717, 1.165) is 5.69 Å². The summed E-state index contributed by atoms with van der Waals surface area (Å²) in [6.07, 6.45) is 0. The van der Waals surface area contributed by atoms with Gasteiger partial charge in [0.25, 0.3) is 0 Å². The molecule has 2 aromatic carbocycles. The van der Waals surface area contributed by atoms with Crippen LogP contribution in [0.4, 0.5) is 11.4 Å². The van der Waals surface area contributed by atoms with Gasteiger partial charge in [0.2, 0.25) is 5.91 Å². The number of anilines is 2. The predicted molar refractivity (Wildman–Crippen MR) is 98.9 cm³/mol. The number of hydrogen-bond acceptors (Lipinski definition) is 5. The van der Waals surface area contributed by atoms with Gasteiger partial charge < -0.3 is 24.8 Å². The van der Waals surface area contributed by atoms with Crippen LogP contribution in [0, 0.1) is 0 Å². The van der Waals surface area contributed by atoms with Crippen LogP contribution >= 0.6 is 0 Å². The van der Waals surface area contributed by atoms with Crippen molar-refractivity contribution in [1.29, 1.82) is 0 Å². The minimum Gasteiger partial charge on any atom is -0.493 e. The standard InChI is InChI=1S/C19H24N2O4/c1-5-25-16-9-7-6-8-15(16)21-19(22)13(2)20-14-10-11-17(23-3)18(12-14)24-4/h6-13,20H,5H2,1-4H3,(H,21,22). The maximum Gasteiger partial charge on any atom is 0.246 e. The molecule has 0 fully saturated rings. The van der Waals surface area contributed by atoms with E-state index in [4.69, 9.17) is 14.2 Å². The van der Waals surface area contributed by atoms with Gasteiger partial charge in [-0.15, -0.1) is 0 Å². The fourth-order valence-electron chi connectivity index (χ4n) is 2.33. The highest BCUT2D eigenvalue weighted by molar-refractivity contribution is 5.97. The highest BCUT2D eigenvalue weighted by Crippen LogP contribution is 2.30. The molecule has 6 heteroatoms. The summed E-state index contributed by atoms with van der Waals surface area (Å²) in [5, 5.41) is 6.04. The molecule has 0 spiro atoms. The second-order valence-corrected chi connectivity index (χ2v) is 5.35. The molecule has 0 saturated carbocycles. The van der Waals surface area contributed by atoms with Crippen LogP contribution in [-0.2, 0) is 4.79 Å². The van der Waals surface area contributed by atoms with Crippen molar-refractivity contribution < 1.29 is 19.0 Å². The molecule has 25 heavy (non-hydrogen) atoms. The molecule has 2 N–H and O–H groups in total. The van der Waals surface area contributed by atoms with Gasteiger partial charge in [-0.3, -0.25) is 4.79 Å². The Labute approximate surface area is 148 Å². The molecule has 134 valence electrons. The van der Waals surface area contributed by atoms with Crippen LogP contribution in [0.3, 0.4) is 0 Å². The summed E-state index contributed by atoms with van der Waals surface area (Å²) >= 11 is 0. The van der Waals surface area contributed by atoms with Crippen molar-refractivity contribution >= 4 is 17.3 Å². The molecule has 1 atom stereocenters. The predicted octanol–water partition coefficient (Wildman–Crippen LogP) is 3.54. The summed E-state index contributed by atoms with van der Waals surface area (Å²) in [6, 6.07) is 12.3. The van der Waals surface area contributed by atoms with Gasteiger partial charge >= 0.3 is 0 Å². The quantitative estimate of drug-likeness (QED) is 0.766. The van der Waals surface area contributed by atoms with Crippen LogP contribution in [0.15, 0.2) is 42.5 Å². The monoisotopic (exact) mass is 344 g/mol. The Morgan fingerprint density at radius 2 is 1.76 bits per heavy atom. The third kappa shape index (κ3) is 4.79. The second-order valence-electron chi connectivity index (χ2n) is 5.35. The maximum atomic E-state index is 12.5. The van der Waals surface area contributed by atoms with E-state index in [1.54, 1.807) is 33.3 Å². The Hall–Kier alpha value is -2.89. The Balaban J connectivity index is 2.06. The van der Waals surface area contributed by atoms with E-state index in [9.17, 15) is 4.79 Å². The van der Waals surface area contributed by atoms with E-state index in [1.165, 1.54) is 0 Å². The number of benzene rings is 2. The lowest BCUT2D eigenvalue weighted by molar-refractivity contribution is -0.116. The van der Waals surface area contributed by atoms with Crippen LogP contribution in [0.25, 0.3) is 0 Å². The first-order valence-electron chi connectivity index (χ1n) is 8.10. The smallest absolute Gasteiger partial charge is 0.246 e. The van der Waals surface area contributed by atoms with Crippen molar-refractivity contribution in [3.05, 3.63) is 42.5 Å². The number of hydrogen-bond donors (Lipinski definition) is 2. The van der Waals surface area contributed by atoms with Crippen molar-refractivity contribution in [2.75, 3.05) is 31.5 Å². The first kappa shape index (κ1) is 18.4. The normalized spacial score (nSPS) is 11.4. The van der Waals surface area contributed by atoms with Crippen molar-refractivity contribution in [2.24, 2.45) is 0 Å². The van der Waals surface area contributed by atoms with E-state index < -0.39 is 6.04 Å². The van der Waals surface area contributed by atoms with E-state index in [-0.39, 0.29) is 5.91 Å². The SMILES string of the molecule is CCOc1ccccc1NC(=O)C(C)Nc1ccc(OC)c(OC)c1. The van der Waals surface area contributed by atoms with Gasteiger partial charge in [-0.1, -0.05) is 12.1 Å². The first-order chi connectivity index (χ1) is 12.1. The molecular weight excluding hydrogens is 320 g/mol. The van der Waals surface area contributed by atoms with Gasteiger partial charge in [-0.05, 0) is 38.1 Å². The van der Waals surface area contributed by atoms with Crippen LogP contribution in [0.5, 0.6) is 17.2 Å². The number of amides is 1. The molecule has 1 unspecified atom stereocenters. The number of para-hydroxylation sites is 2. The largest absolute Gasteiger partial charge is 0.493 e. The molecule has 0 aliphatic carbocycles. The lowest BCUT2D eigenvalue weighted by atomic mass is 10.2. The molecule has 0 heterocycles. The fourth-order valence-corrected chi connectivity index (χ4v) is 2.33. The van der Waals surface area contributed by atoms with E-state index in [0.29, 0.717) is 29.5 Å². The number of carbonyl (C=O) groups excluding carboxylic acids is 1. The van der Waals surface area contributed by atoms with Gasteiger partial charge in [0.15, 0.2) is 11.5 Å². The highest BCUT2D eigenvalue weighted by atomic mass is 16.5. The number of methoxy groups -OCH3 is 2. The van der Waals surface area contributed by atoms with Crippen molar-refractivity contribution in [3.63, 3.8) is 0 Å². The summed E-state index contributed by atoms with van der Waals surface area (Å²) in [5.41, 5.74) is 1.41. The molecule has 0 saturated heterocycles. The molecule has 0 radical (unpaired) electrons. The van der Waals surface area contributed by atoms with Gasteiger partial charge in [0.1, 0.15) is 11.8 Å². The van der Waals surface area contributed by atoms with Crippen LogP contribution in [0.1, 0.15) is 13.8 Å². The Kier molecular flexibility index (Phi) is 6.51. The average molecular weight is 344 g/mol. The van der Waals surface area contributed by atoms with Crippen LogP contribution in [0.2, 0.25) is 0 Å². The van der Waals surface area contributed by atoms with Gasteiger partial charge in [-0.25, -0.2) is 0 Å². The minimum atomic E-state index is -0.451. The summed E-state index contributed by atoms with van der Waals surface area (Å²) in [7, 11) is 3.15. The highest BCUT2D eigenvalue weighted by Gasteiger charge is 2.15. The molecule has 0 aromatic heterocycles. The Bertz CT molecular complexity index is 718. The molecule has 2 rings (SSSR count). The summed E-state index contributed by atoms with van der Waals surface area (Å²) < 4.78 is 16.0. The van der Waals surface area contributed by atoms with E-state index in [1.807, 2.05) is 37.3 Å². The van der Waals surface area contributed by atoms with Crippen molar-refractivity contribution in [1.82, 2.24) is 0 Å². The number of ether oxygens (including phenoxy) is 3. The second kappa shape index (κ2) is 8.82. The van der Waals surface area contributed by atoms with Crippen LogP contribution in [-0.4, -0.2) is 32.8 Å². The molecule has 2 aromatic rings. The topological polar surface area (TPSA) is 68.8 Å². The van der Waals surface area contributed by atoms with E-state index in [2.05, 4.69) is 10.6 Å². The zero-order valence-corrected chi connectivity index (χ0v) is 15.0. The molecule has 6 nitrogen and oxygen atoms in total. The van der Waals surface area contributed by atoms with Gasteiger partial charge in [0, 0.05) is 11.8 Å². The average Bonchev–Trinajstić information content (AvgIpc) is 2.63. The summed E-state index contributed by atoms with van der Waals surface area (Å²) in [5.74, 6) is 1.72. The van der Waals surface area contributed by atoms with Gasteiger partial charge in [-0.2, -0.15) is 0 Å². The Morgan fingerprint density at radius 3 is 2.44 bits per heavy atom. The minimum absolute atomic E-state index is 0.165. The molecule has 0 aliphatic rings. The zero-order chi connectivity index (χ0) is 18.2. The van der Waals surface area contributed by atoms with E-state index >= 15 is 0 Å². The third-order valence-electron chi connectivity index (χ3n) is 3.60. The maximum absolute atomic E-state index is 12.5. The third-order valence-corrected chi connectivity index (χ3v) is 3.60. The summed E-state index contributed by atoms with van der Waals surface area (Å²) in [4.78, 5) is 12.5. The molecular formula is C19H24N2O4. The molecule has 1 amide bonds. The van der Waals surface area contributed by atoms with Crippen molar-refractivity contribution in [2.45, 2.75) is 19.9 Å². The number of carbonyl (C=O) groups is 1. The van der Waals surface area contributed by atoms with Gasteiger partial charge in [0.05, 0.1) is 26.5 Å². The zero-order valence-electron chi connectivity index (χ0n) is 15.0. The summed E-state index contributed by atoms with van der Waals surface area (Å²) in [6.45, 7) is 4.22. The number of nitrogens with one attached hydrogen (secondary N) is 2. The van der Waals surface area contributed by atoms with Crippen molar-refractivity contribution in [3.8, 4) is 17.2 Å². The first-order valence-corrected chi connectivity index (χ1v) is 8.10. The molecule has 0 bridgehead atoms. The lowest BCUT2D eigenvalue weighted by Crippen LogP contribution is -2.32. The fraction of sp³-hybridized carbons (Fsp3) is 0.316. The molecule has 0 aliphatic heterocycles. The van der Waals surface area contributed by atoms with Crippen LogP contribution < -0.4 is 24.8 Å². The Morgan fingerprint density at radius 1 is 1.04 bits per heavy atom. The lowest BCUT2D eigenvalue weighted by Gasteiger charge is -2.18. The number of rotatable bonds is 8.